The van der Waals surface area contributed by atoms with Crippen LogP contribution in [-0.4, -0.2) is 47.7 Å². The maximum Gasteiger partial charge on any atom is 0.227 e. The van der Waals surface area contributed by atoms with E-state index in [1.165, 1.54) is 19.2 Å². The van der Waals surface area contributed by atoms with E-state index < -0.39 is 17.4 Å². The number of carbonyl (C=O) groups is 1. The van der Waals surface area contributed by atoms with Gasteiger partial charge in [0.05, 0.1) is 25.8 Å². The van der Waals surface area contributed by atoms with Crippen LogP contribution >= 0.6 is 0 Å². The van der Waals surface area contributed by atoms with Gasteiger partial charge in [-0.3, -0.25) is 9.69 Å². The van der Waals surface area contributed by atoms with E-state index in [4.69, 9.17) is 9.47 Å². The van der Waals surface area contributed by atoms with E-state index in [1.54, 1.807) is 0 Å². The molecule has 152 valence electrons. The van der Waals surface area contributed by atoms with Crippen molar-refractivity contribution in [2.75, 3.05) is 20.3 Å². The Bertz CT molecular complexity index is 955. The molecule has 3 atom stereocenters. The molecule has 3 aliphatic heterocycles. The molecule has 2 aromatic rings. The Morgan fingerprint density at radius 3 is 2.76 bits per heavy atom. The SMILES string of the molecule is COc1c(F)ccc(CN2CC[C@@]34OC[C@@H](c5ccccc5)N3C(=O)C[C@@H]24)c1F. The molecule has 0 N–H and O–H groups in total. The second-order valence-corrected chi connectivity index (χ2v) is 7.84. The zero-order valence-corrected chi connectivity index (χ0v) is 16.1. The molecule has 3 aliphatic rings. The molecule has 0 aliphatic carbocycles. The van der Waals surface area contributed by atoms with Gasteiger partial charge in [0.1, 0.15) is 0 Å². The maximum atomic E-state index is 14.7. The smallest absolute Gasteiger partial charge is 0.227 e. The van der Waals surface area contributed by atoms with Crippen LogP contribution in [0, 0.1) is 11.6 Å². The first-order chi connectivity index (χ1) is 14.0. The number of nitrogens with zero attached hydrogens (tertiary/aromatic N) is 2. The number of ether oxygens (including phenoxy) is 2. The highest BCUT2D eigenvalue weighted by molar-refractivity contribution is 5.82. The lowest BCUT2D eigenvalue weighted by Gasteiger charge is -2.33. The molecular weight excluding hydrogens is 378 g/mol. The lowest BCUT2D eigenvalue weighted by Crippen LogP contribution is -2.48. The van der Waals surface area contributed by atoms with Crippen LogP contribution in [0.1, 0.15) is 30.0 Å². The van der Waals surface area contributed by atoms with Crippen LogP contribution in [0.15, 0.2) is 42.5 Å². The molecule has 5 rings (SSSR count). The zero-order chi connectivity index (χ0) is 20.2. The van der Waals surface area contributed by atoms with Crippen molar-refractivity contribution in [2.45, 2.75) is 37.2 Å². The minimum Gasteiger partial charge on any atom is -0.491 e. The lowest BCUT2D eigenvalue weighted by molar-refractivity contribution is -0.138. The lowest BCUT2D eigenvalue weighted by atomic mass is 10.0. The van der Waals surface area contributed by atoms with E-state index in [0.717, 1.165) is 5.56 Å². The quantitative estimate of drug-likeness (QED) is 0.790. The number of benzene rings is 2. The average molecular weight is 400 g/mol. The van der Waals surface area contributed by atoms with Gasteiger partial charge in [-0.25, -0.2) is 8.78 Å². The van der Waals surface area contributed by atoms with Crippen LogP contribution in [0.4, 0.5) is 8.78 Å². The highest BCUT2D eigenvalue weighted by Gasteiger charge is 2.64. The Hall–Kier alpha value is -2.51. The summed E-state index contributed by atoms with van der Waals surface area (Å²) in [5.41, 5.74) is 0.744. The van der Waals surface area contributed by atoms with Crippen molar-refractivity contribution in [1.82, 2.24) is 9.80 Å². The fourth-order valence-electron chi connectivity index (χ4n) is 5.14. The summed E-state index contributed by atoms with van der Waals surface area (Å²) in [6.45, 7) is 1.41. The average Bonchev–Trinajstić information content (AvgIpc) is 3.35. The molecule has 1 amide bonds. The van der Waals surface area contributed by atoms with Crippen molar-refractivity contribution in [2.24, 2.45) is 0 Å². The molecule has 0 aromatic heterocycles. The van der Waals surface area contributed by atoms with Crippen molar-refractivity contribution < 1.29 is 23.0 Å². The normalized spacial score (nSPS) is 28.7. The summed E-state index contributed by atoms with van der Waals surface area (Å²) < 4.78 is 39.5. The Labute approximate surface area is 167 Å². The summed E-state index contributed by atoms with van der Waals surface area (Å²) in [5.74, 6) is -1.73. The van der Waals surface area contributed by atoms with Gasteiger partial charge in [-0.05, 0) is 11.6 Å². The van der Waals surface area contributed by atoms with Gasteiger partial charge in [0.15, 0.2) is 23.1 Å². The molecule has 3 heterocycles. The molecule has 0 radical (unpaired) electrons. The van der Waals surface area contributed by atoms with Gasteiger partial charge < -0.3 is 14.4 Å². The number of likely N-dealkylation sites (tertiary alicyclic amines) is 1. The fraction of sp³-hybridized carbons (Fsp3) is 0.409. The third kappa shape index (κ3) is 2.68. The number of hydrogen-bond acceptors (Lipinski definition) is 4. The molecule has 2 aromatic carbocycles. The van der Waals surface area contributed by atoms with Gasteiger partial charge in [0.2, 0.25) is 5.91 Å². The largest absolute Gasteiger partial charge is 0.491 e. The highest BCUT2D eigenvalue weighted by atomic mass is 19.1. The van der Waals surface area contributed by atoms with Gasteiger partial charge in [-0.2, -0.15) is 0 Å². The monoisotopic (exact) mass is 400 g/mol. The van der Waals surface area contributed by atoms with Gasteiger partial charge in [-0.15, -0.1) is 0 Å². The standard InChI is InChI=1S/C22H22F2N2O3/c1-28-21-16(23)8-7-15(20(21)24)12-25-10-9-22-18(25)11-19(27)26(22)17(13-29-22)14-5-3-2-4-6-14/h2-8,17-18H,9-13H2,1H3/t17-,18+,22-/m0/s1. The third-order valence-electron chi connectivity index (χ3n) is 6.46. The van der Waals surface area contributed by atoms with Gasteiger partial charge >= 0.3 is 0 Å². The second-order valence-electron chi connectivity index (χ2n) is 7.84. The summed E-state index contributed by atoms with van der Waals surface area (Å²) in [7, 11) is 1.25. The minimum atomic E-state index is -0.723. The highest BCUT2D eigenvalue weighted by Crippen LogP contribution is 2.51. The first-order valence-electron chi connectivity index (χ1n) is 9.81. The van der Waals surface area contributed by atoms with E-state index in [0.29, 0.717) is 31.6 Å². The predicted molar refractivity (Wildman–Crippen MR) is 101 cm³/mol. The summed E-state index contributed by atoms with van der Waals surface area (Å²) in [4.78, 5) is 16.9. The topological polar surface area (TPSA) is 42.0 Å². The van der Waals surface area contributed by atoms with Crippen molar-refractivity contribution >= 4 is 5.91 Å². The van der Waals surface area contributed by atoms with Crippen molar-refractivity contribution in [3.05, 3.63) is 65.2 Å². The van der Waals surface area contributed by atoms with E-state index >= 15 is 0 Å². The Morgan fingerprint density at radius 1 is 1.21 bits per heavy atom. The van der Waals surface area contributed by atoms with E-state index in [1.807, 2.05) is 35.2 Å². The van der Waals surface area contributed by atoms with Crippen LogP contribution < -0.4 is 4.74 Å². The number of halogens is 2. The first kappa shape index (κ1) is 18.5. The molecule has 0 unspecified atom stereocenters. The minimum absolute atomic E-state index is 0.0585. The van der Waals surface area contributed by atoms with Crippen molar-refractivity contribution in [1.29, 1.82) is 0 Å². The summed E-state index contributed by atoms with van der Waals surface area (Å²) in [5, 5.41) is 0. The van der Waals surface area contributed by atoms with Gasteiger partial charge in [0.25, 0.3) is 0 Å². The number of carbonyl (C=O) groups excluding carboxylic acids is 1. The summed E-state index contributed by atoms with van der Waals surface area (Å²) in [6.07, 6.45) is 1.01. The Morgan fingerprint density at radius 2 is 2.00 bits per heavy atom. The zero-order valence-electron chi connectivity index (χ0n) is 16.1. The van der Waals surface area contributed by atoms with E-state index in [9.17, 15) is 13.6 Å². The molecular formula is C22H22F2N2O3. The van der Waals surface area contributed by atoms with E-state index in [-0.39, 0.29) is 30.3 Å². The molecule has 3 saturated heterocycles. The predicted octanol–water partition coefficient (Wildman–Crippen LogP) is 3.25. The molecule has 0 saturated carbocycles. The third-order valence-corrected chi connectivity index (χ3v) is 6.46. The van der Waals surface area contributed by atoms with Crippen LogP contribution in [0.25, 0.3) is 0 Å². The number of amides is 1. The van der Waals surface area contributed by atoms with E-state index in [2.05, 4.69) is 4.90 Å². The van der Waals surface area contributed by atoms with Crippen LogP contribution in [0.2, 0.25) is 0 Å². The fourth-order valence-corrected chi connectivity index (χ4v) is 5.14. The van der Waals surface area contributed by atoms with Crippen molar-refractivity contribution in [3.8, 4) is 5.75 Å². The van der Waals surface area contributed by atoms with Crippen LogP contribution in [-0.2, 0) is 16.1 Å². The van der Waals surface area contributed by atoms with Crippen LogP contribution in [0.3, 0.4) is 0 Å². The summed E-state index contributed by atoms with van der Waals surface area (Å²) in [6, 6.07) is 12.3. The summed E-state index contributed by atoms with van der Waals surface area (Å²) >= 11 is 0. The molecule has 7 heteroatoms. The Kier molecular flexibility index (Phi) is 4.33. The maximum absolute atomic E-state index is 14.7. The molecule has 29 heavy (non-hydrogen) atoms. The second kappa shape index (κ2) is 6.78. The molecule has 3 fully saturated rings. The van der Waals surface area contributed by atoms with Gasteiger partial charge in [-0.1, -0.05) is 36.4 Å². The van der Waals surface area contributed by atoms with Crippen LogP contribution in [0.5, 0.6) is 5.75 Å². The number of methoxy groups -OCH3 is 1. The number of rotatable bonds is 4. The number of hydrogen-bond donors (Lipinski definition) is 0. The molecule has 0 bridgehead atoms. The van der Waals surface area contributed by atoms with Crippen molar-refractivity contribution in [3.63, 3.8) is 0 Å². The molecule has 1 spiro atoms. The first-order valence-corrected chi connectivity index (χ1v) is 9.81. The van der Waals surface area contributed by atoms with Gasteiger partial charge in [0, 0.05) is 31.5 Å². The molecule has 5 nitrogen and oxygen atoms in total. The Balaban J connectivity index is 1.42.